The first-order valence-electron chi connectivity index (χ1n) is 5.90. The molecular formula is C13H21N. The summed E-state index contributed by atoms with van der Waals surface area (Å²) >= 11 is 0. The van der Waals surface area contributed by atoms with E-state index in [1.54, 1.807) is 0 Å². The van der Waals surface area contributed by atoms with Crippen molar-refractivity contribution < 1.29 is 0 Å². The van der Waals surface area contributed by atoms with Gasteiger partial charge in [-0.25, -0.2) is 0 Å². The lowest BCUT2D eigenvalue weighted by Crippen LogP contribution is -2.17. The fraction of sp³-hybridized carbons (Fsp3) is 0.692. The van der Waals surface area contributed by atoms with Crippen LogP contribution < -0.4 is 0 Å². The highest BCUT2D eigenvalue weighted by molar-refractivity contribution is 5.10. The predicted molar refractivity (Wildman–Crippen MR) is 60.3 cm³/mol. The number of nitrogens with one attached hydrogen (secondary N) is 1. The molecule has 1 heterocycles. The van der Waals surface area contributed by atoms with E-state index in [4.69, 9.17) is 0 Å². The zero-order valence-corrected chi connectivity index (χ0v) is 9.29. The molecule has 1 N–H and O–H groups in total. The fourth-order valence-corrected chi connectivity index (χ4v) is 2.70. The molecule has 0 amide bonds. The Bertz CT molecular complexity index is 253. The van der Waals surface area contributed by atoms with Gasteiger partial charge in [0, 0.05) is 11.9 Å². The summed E-state index contributed by atoms with van der Waals surface area (Å²) in [5.41, 5.74) is 1.45. The maximum atomic E-state index is 3.35. The van der Waals surface area contributed by atoms with Gasteiger partial charge >= 0.3 is 0 Å². The highest BCUT2D eigenvalue weighted by Gasteiger charge is 2.24. The largest absolute Gasteiger partial charge is 0.365 e. The molecule has 0 unspecified atom stereocenters. The van der Waals surface area contributed by atoms with Crippen LogP contribution in [-0.2, 0) is 0 Å². The van der Waals surface area contributed by atoms with E-state index in [1.165, 1.54) is 31.4 Å². The van der Waals surface area contributed by atoms with Crippen molar-refractivity contribution in [2.24, 2.45) is 11.8 Å². The van der Waals surface area contributed by atoms with E-state index in [9.17, 15) is 0 Å². The van der Waals surface area contributed by atoms with E-state index in [2.05, 4.69) is 31.0 Å². The molecule has 0 spiro atoms. The zero-order chi connectivity index (χ0) is 9.97. The normalized spacial score (nSPS) is 28.2. The Morgan fingerprint density at radius 2 is 1.93 bits per heavy atom. The summed E-state index contributed by atoms with van der Waals surface area (Å²) in [5.74, 6) is 2.65. The van der Waals surface area contributed by atoms with Crippen LogP contribution >= 0.6 is 0 Å². The molecule has 0 aromatic carbocycles. The summed E-state index contributed by atoms with van der Waals surface area (Å²) in [5, 5.41) is 0. The molecule has 1 aromatic rings. The SMILES string of the molecule is CC(C)[C@H]1CC[C@@H](c2ccc[nH]2)CC1. The molecule has 0 bridgehead atoms. The van der Waals surface area contributed by atoms with Gasteiger partial charge in [0.25, 0.3) is 0 Å². The van der Waals surface area contributed by atoms with Crippen molar-refractivity contribution in [1.82, 2.24) is 4.98 Å². The van der Waals surface area contributed by atoms with Crippen LogP contribution in [0.3, 0.4) is 0 Å². The zero-order valence-electron chi connectivity index (χ0n) is 9.29. The lowest BCUT2D eigenvalue weighted by Gasteiger charge is -2.30. The van der Waals surface area contributed by atoms with Crippen LogP contribution in [0.4, 0.5) is 0 Å². The molecule has 0 aliphatic heterocycles. The minimum atomic E-state index is 0.806. The molecule has 1 heteroatoms. The van der Waals surface area contributed by atoms with Gasteiger partial charge in [-0.15, -0.1) is 0 Å². The van der Waals surface area contributed by atoms with Gasteiger partial charge in [-0.2, -0.15) is 0 Å². The molecule has 2 rings (SSSR count). The molecule has 1 aromatic heterocycles. The fourth-order valence-electron chi connectivity index (χ4n) is 2.70. The number of H-pyrrole nitrogens is 1. The Labute approximate surface area is 86.9 Å². The van der Waals surface area contributed by atoms with Gasteiger partial charge in [-0.1, -0.05) is 13.8 Å². The summed E-state index contributed by atoms with van der Waals surface area (Å²) in [7, 11) is 0. The molecular weight excluding hydrogens is 170 g/mol. The van der Waals surface area contributed by atoms with Crippen LogP contribution in [-0.4, -0.2) is 4.98 Å². The van der Waals surface area contributed by atoms with Crippen LogP contribution in [0.1, 0.15) is 51.1 Å². The van der Waals surface area contributed by atoms with Crippen molar-refractivity contribution in [3.05, 3.63) is 24.0 Å². The highest BCUT2D eigenvalue weighted by Crippen LogP contribution is 2.37. The molecule has 0 radical (unpaired) electrons. The number of aromatic amines is 1. The summed E-state index contributed by atoms with van der Waals surface area (Å²) < 4.78 is 0. The maximum absolute atomic E-state index is 3.35. The topological polar surface area (TPSA) is 15.8 Å². The van der Waals surface area contributed by atoms with Crippen molar-refractivity contribution in [3.63, 3.8) is 0 Å². The van der Waals surface area contributed by atoms with Gasteiger partial charge in [0.1, 0.15) is 0 Å². The van der Waals surface area contributed by atoms with Crippen molar-refractivity contribution in [2.75, 3.05) is 0 Å². The standard InChI is InChI=1S/C13H21N/c1-10(2)11-5-7-12(8-6-11)13-4-3-9-14-13/h3-4,9-12,14H,5-8H2,1-2H3/t11-,12+. The van der Waals surface area contributed by atoms with Crippen LogP contribution in [0.5, 0.6) is 0 Å². The minimum absolute atomic E-state index is 0.806. The predicted octanol–water partition coefficient (Wildman–Crippen LogP) is 3.94. The second kappa shape index (κ2) is 4.20. The molecule has 1 saturated carbocycles. The third kappa shape index (κ3) is 2.02. The van der Waals surface area contributed by atoms with Crippen molar-refractivity contribution in [2.45, 2.75) is 45.4 Å². The second-order valence-corrected chi connectivity index (χ2v) is 4.98. The van der Waals surface area contributed by atoms with E-state index < -0.39 is 0 Å². The van der Waals surface area contributed by atoms with E-state index in [1.807, 2.05) is 6.20 Å². The van der Waals surface area contributed by atoms with Crippen molar-refractivity contribution in [3.8, 4) is 0 Å². The number of hydrogen-bond acceptors (Lipinski definition) is 0. The quantitative estimate of drug-likeness (QED) is 0.728. The first-order valence-corrected chi connectivity index (χ1v) is 5.90. The summed E-state index contributed by atoms with van der Waals surface area (Å²) in [4.78, 5) is 3.35. The molecule has 1 aliphatic rings. The van der Waals surface area contributed by atoms with E-state index in [0.29, 0.717) is 0 Å². The van der Waals surface area contributed by atoms with Crippen LogP contribution in [0, 0.1) is 11.8 Å². The van der Waals surface area contributed by atoms with Gasteiger partial charge in [0.05, 0.1) is 0 Å². The number of aromatic nitrogens is 1. The molecule has 1 fully saturated rings. The third-order valence-electron chi connectivity index (χ3n) is 3.78. The number of rotatable bonds is 2. The average molecular weight is 191 g/mol. The smallest absolute Gasteiger partial charge is 0.0178 e. The summed E-state index contributed by atoms with van der Waals surface area (Å²) in [6, 6.07) is 4.35. The van der Waals surface area contributed by atoms with Crippen molar-refractivity contribution >= 4 is 0 Å². The van der Waals surface area contributed by atoms with Crippen LogP contribution in [0.25, 0.3) is 0 Å². The van der Waals surface area contributed by atoms with Crippen LogP contribution in [0.15, 0.2) is 18.3 Å². The molecule has 78 valence electrons. The third-order valence-corrected chi connectivity index (χ3v) is 3.78. The van der Waals surface area contributed by atoms with Gasteiger partial charge in [0.15, 0.2) is 0 Å². The molecule has 14 heavy (non-hydrogen) atoms. The van der Waals surface area contributed by atoms with Gasteiger partial charge in [-0.3, -0.25) is 0 Å². The lowest BCUT2D eigenvalue weighted by molar-refractivity contribution is 0.257. The number of hydrogen-bond donors (Lipinski definition) is 1. The van der Waals surface area contributed by atoms with Gasteiger partial charge in [0.2, 0.25) is 0 Å². The van der Waals surface area contributed by atoms with Gasteiger partial charge in [-0.05, 0) is 55.6 Å². The van der Waals surface area contributed by atoms with E-state index in [0.717, 1.165) is 17.8 Å². The Hall–Kier alpha value is -0.720. The molecule has 0 saturated heterocycles. The Kier molecular flexibility index (Phi) is 2.95. The van der Waals surface area contributed by atoms with E-state index in [-0.39, 0.29) is 0 Å². The highest BCUT2D eigenvalue weighted by atomic mass is 14.7. The van der Waals surface area contributed by atoms with Crippen molar-refractivity contribution in [1.29, 1.82) is 0 Å². The Morgan fingerprint density at radius 3 is 2.43 bits per heavy atom. The molecule has 0 atom stereocenters. The molecule has 1 nitrogen and oxygen atoms in total. The minimum Gasteiger partial charge on any atom is -0.365 e. The summed E-state index contributed by atoms with van der Waals surface area (Å²) in [6.45, 7) is 4.72. The maximum Gasteiger partial charge on any atom is 0.0178 e. The van der Waals surface area contributed by atoms with E-state index >= 15 is 0 Å². The molecule has 1 aliphatic carbocycles. The lowest BCUT2D eigenvalue weighted by atomic mass is 9.76. The first kappa shape index (κ1) is 9.82. The average Bonchev–Trinajstić information content (AvgIpc) is 2.71. The summed E-state index contributed by atoms with van der Waals surface area (Å²) in [6.07, 6.45) is 7.64. The Balaban J connectivity index is 1.90. The Morgan fingerprint density at radius 1 is 1.21 bits per heavy atom. The first-order chi connectivity index (χ1) is 6.77. The van der Waals surface area contributed by atoms with Gasteiger partial charge < -0.3 is 4.98 Å². The monoisotopic (exact) mass is 191 g/mol. The second-order valence-electron chi connectivity index (χ2n) is 4.98. The van der Waals surface area contributed by atoms with Crippen LogP contribution in [0.2, 0.25) is 0 Å².